The van der Waals surface area contributed by atoms with Gasteiger partial charge >= 0.3 is 6.18 Å². The van der Waals surface area contributed by atoms with Crippen molar-refractivity contribution in [1.29, 1.82) is 0 Å². The first-order chi connectivity index (χ1) is 9.41. The van der Waals surface area contributed by atoms with Gasteiger partial charge in [0.25, 0.3) is 0 Å². The summed E-state index contributed by atoms with van der Waals surface area (Å²) in [7, 11) is 0. The van der Waals surface area contributed by atoms with Crippen LogP contribution in [0.1, 0.15) is 15.9 Å². The van der Waals surface area contributed by atoms with Crippen LogP contribution in [0.5, 0.6) is 11.5 Å². The number of halogens is 4. The lowest BCUT2D eigenvalue weighted by Crippen LogP contribution is -2.07. The smallest absolute Gasteiger partial charge is 0.419 e. The maximum atomic E-state index is 12.8. The zero-order valence-electron chi connectivity index (χ0n) is 9.95. The highest BCUT2D eigenvalue weighted by Crippen LogP contribution is 2.38. The number of hydrogen-bond donors (Lipinski definition) is 0. The Bertz CT molecular complexity index is 639. The normalized spacial score (nSPS) is 11.2. The molecule has 0 N–H and O–H groups in total. The van der Waals surface area contributed by atoms with E-state index in [9.17, 15) is 18.0 Å². The fraction of sp³-hybridized carbons (Fsp3) is 0.0714. The molecular weight excluding hydrogens is 337 g/mol. The molecule has 20 heavy (non-hydrogen) atoms. The highest BCUT2D eigenvalue weighted by Gasteiger charge is 2.34. The van der Waals surface area contributed by atoms with Gasteiger partial charge in [0.2, 0.25) is 0 Å². The average molecular weight is 345 g/mol. The number of para-hydroxylation sites is 1. The van der Waals surface area contributed by atoms with E-state index in [0.29, 0.717) is 10.8 Å². The molecule has 0 bridgehead atoms. The van der Waals surface area contributed by atoms with E-state index in [1.165, 1.54) is 30.3 Å². The standard InChI is InChI=1S/C14H8BrF3O2/c15-10-5-6-12(9(7-10)8-19)20-13-4-2-1-3-11(13)14(16,17)18/h1-8H. The molecule has 0 fully saturated rings. The molecule has 104 valence electrons. The van der Waals surface area contributed by atoms with Crippen LogP contribution in [-0.4, -0.2) is 6.29 Å². The van der Waals surface area contributed by atoms with Crippen LogP contribution < -0.4 is 4.74 Å². The van der Waals surface area contributed by atoms with Gasteiger partial charge in [-0.15, -0.1) is 0 Å². The average Bonchev–Trinajstić information content (AvgIpc) is 2.40. The summed E-state index contributed by atoms with van der Waals surface area (Å²) in [6.07, 6.45) is -4.00. The van der Waals surface area contributed by atoms with Gasteiger partial charge in [0.15, 0.2) is 6.29 Å². The van der Waals surface area contributed by atoms with Gasteiger partial charge in [-0.1, -0.05) is 28.1 Å². The third-order valence-electron chi connectivity index (χ3n) is 2.51. The lowest BCUT2D eigenvalue weighted by Gasteiger charge is -2.14. The Morgan fingerprint density at radius 2 is 1.75 bits per heavy atom. The van der Waals surface area contributed by atoms with Crippen molar-refractivity contribution in [2.75, 3.05) is 0 Å². The maximum Gasteiger partial charge on any atom is 0.419 e. The second-order valence-electron chi connectivity index (χ2n) is 3.90. The summed E-state index contributed by atoms with van der Waals surface area (Å²) >= 11 is 3.17. The van der Waals surface area contributed by atoms with E-state index in [0.717, 1.165) is 6.07 Å². The van der Waals surface area contributed by atoms with Crippen molar-refractivity contribution >= 4 is 22.2 Å². The quantitative estimate of drug-likeness (QED) is 0.726. The van der Waals surface area contributed by atoms with Crippen molar-refractivity contribution < 1.29 is 22.7 Å². The van der Waals surface area contributed by atoms with E-state index in [4.69, 9.17) is 4.74 Å². The van der Waals surface area contributed by atoms with Crippen LogP contribution in [-0.2, 0) is 6.18 Å². The number of ether oxygens (including phenoxy) is 1. The Hall–Kier alpha value is -1.82. The molecule has 2 rings (SSSR count). The van der Waals surface area contributed by atoms with Crippen molar-refractivity contribution in [3.05, 3.63) is 58.1 Å². The van der Waals surface area contributed by atoms with Crippen LogP contribution in [0, 0.1) is 0 Å². The van der Waals surface area contributed by atoms with Gasteiger partial charge in [-0.05, 0) is 30.3 Å². The molecule has 0 aromatic heterocycles. The Morgan fingerprint density at radius 1 is 1.05 bits per heavy atom. The predicted octanol–water partition coefficient (Wildman–Crippen LogP) is 5.07. The molecule has 2 aromatic rings. The largest absolute Gasteiger partial charge is 0.456 e. The zero-order chi connectivity index (χ0) is 14.8. The van der Waals surface area contributed by atoms with E-state index in [1.54, 1.807) is 6.07 Å². The minimum Gasteiger partial charge on any atom is -0.456 e. The highest BCUT2D eigenvalue weighted by molar-refractivity contribution is 9.10. The molecule has 2 nitrogen and oxygen atoms in total. The first kappa shape index (κ1) is 14.6. The summed E-state index contributed by atoms with van der Waals surface area (Å²) in [5.74, 6) is -0.273. The van der Waals surface area contributed by atoms with Crippen molar-refractivity contribution in [3.63, 3.8) is 0 Å². The Kier molecular flexibility index (Phi) is 4.13. The first-order valence-corrected chi connectivity index (χ1v) is 6.30. The third-order valence-corrected chi connectivity index (χ3v) is 3.00. The number of hydrogen-bond acceptors (Lipinski definition) is 2. The topological polar surface area (TPSA) is 26.3 Å². The Morgan fingerprint density at radius 3 is 2.40 bits per heavy atom. The summed E-state index contributed by atoms with van der Waals surface area (Å²) in [5.41, 5.74) is -0.726. The molecule has 0 spiro atoms. The zero-order valence-corrected chi connectivity index (χ0v) is 11.5. The van der Waals surface area contributed by atoms with Crippen LogP contribution in [0.4, 0.5) is 13.2 Å². The summed E-state index contributed by atoms with van der Waals surface area (Å²) < 4.78 is 44.4. The number of carbonyl (C=O) groups is 1. The monoisotopic (exact) mass is 344 g/mol. The summed E-state index contributed by atoms with van der Waals surface area (Å²) in [4.78, 5) is 10.9. The summed E-state index contributed by atoms with van der Waals surface area (Å²) in [5, 5.41) is 0. The molecule has 0 aliphatic carbocycles. The first-order valence-electron chi connectivity index (χ1n) is 5.50. The van der Waals surface area contributed by atoms with Gasteiger partial charge in [-0.25, -0.2) is 0 Å². The molecule has 0 radical (unpaired) electrons. The van der Waals surface area contributed by atoms with Gasteiger partial charge in [0.1, 0.15) is 11.5 Å². The Balaban J connectivity index is 2.43. The molecule has 0 amide bonds. The molecule has 0 unspecified atom stereocenters. The number of carbonyl (C=O) groups excluding carboxylic acids is 1. The number of alkyl halides is 3. The molecule has 0 aliphatic heterocycles. The minimum absolute atomic E-state index is 0.0694. The molecule has 0 aliphatic rings. The number of benzene rings is 2. The van der Waals surface area contributed by atoms with E-state index >= 15 is 0 Å². The molecule has 6 heteroatoms. The minimum atomic E-state index is -4.52. The summed E-state index contributed by atoms with van der Waals surface area (Å²) in [6, 6.07) is 9.33. The van der Waals surface area contributed by atoms with E-state index < -0.39 is 11.7 Å². The molecule has 2 aromatic carbocycles. The second-order valence-corrected chi connectivity index (χ2v) is 4.81. The van der Waals surface area contributed by atoms with Crippen LogP contribution in [0.2, 0.25) is 0 Å². The molecule has 0 saturated carbocycles. The SMILES string of the molecule is O=Cc1cc(Br)ccc1Oc1ccccc1C(F)(F)F. The predicted molar refractivity (Wildman–Crippen MR) is 71.0 cm³/mol. The van der Waals surface area contributed by atoms with Crippen LogP contribution in [0.25, 0.3) is 0 Å². The summed E-state index contributed by atoms with van der Waals surface area (Å²) in [6.45, 7) is 0. The fourth-order valence-corrected chi connectivity index (χ4v) is 1.99. The van der Waals surface area contributed by atoms with Gasteiger partial charge in [0, 0.05) is 4.47 Å². The second kappa shape index (κ2) is 5.66. The van der Waals surface area contributed by atoms with Crippen LogP contribution in [0.15, 0.2) is 46.9 Å². The molecule has 0 saturated heterocycles. The molecular formula is C14H8BrF3O2. The lowest BCUT2D eigenvalue weighted by molar-refractivity contribution is -0.138. The number of aldehydes is 1. The van der Waals surface area contributed by atoms with Gasteiger partial charge in [-0.3, -0.25) is 4.79 Å². The van der Waals surface area contributed by atoms with Crippen LogP contribution >= 0.6 is 15.9 Å². The van der Waals surface area contributed by atoms with E-state index in [1.807, 2.05) is 0 Å². The van der Waals surface area contributed by atoms with Gasteiger partial charge in [-0.2, -0.15) is 13.2 Å². The molecule has 0 atom stereocenters. The maximum absolute atomic E-state index is 12.8. The number of rotatable bonds is 3. The van der Waals surface area contributed by atoms with Crippen molar-refractivity contribution in [1.82, 2.24) is 0 Å². The third kappa shape index (κ3) is 3.19. The Labute approximate surface area is 121 Å². The van der Waals surface area contributed by atoms with Crippen molar-refractivity contribution in [2.24, 2.45) is 0 Å². The van der Waals surface area contributed by atoms with Crippen molar-refractivity contribution in [3.8, 4) is 11.5 Å². The van der Waals surface area contributed by atoms with E-state index in [-0.39, 0.29) is 17.1 Å². The van der Waals surface area contributed by atoms with E-state index in [2.05, 4.69) is 15.9 Å². The van der Waals surface area contributed by atoms with Gasteiger partial charge < -0.3 is 4.74 Å². The fourth-order valence-electron chi connectivity index (χ4n) is 1.61. The lowest BCUT2D eigenvalue weighted by atomic mass is 10.2. The van der Waals surface area contributed by atoms with Crippen LogP contribution in [0.3, 0.4) is 0 Å². The van der Waals surface area contributed by atoms with Crippen molar-refractivity contribution in [2.45, 2.75) is 6.18 Å². The molecule has 0 heterocycles. The highest BCUT2D eigenvalue weighted by atomic mass is 79.9. The van der Waals surface area contributed by atoms with Gasteiger partial charge in [0.05, 0.1) is 11.1 Å².